The fourth-order valence-corrected chi connectivity index (χ4v) is 5.01. The zero-order valence-electron chi connectivity index (χ0n) is 16.0. The van der Waals surface area contributed by atoms with E-state index >= 15 is 0 Å². The second kappa shape index (κ2) is 7.72. The van der Waals surface area contributed by atoms with E-state index < -0.39 is 0 Å². The topological polar surface area (TPSA) is 39.7 Å². The van der Waals surface area contributed by atoms with E-state index in [0.717, 1.165) is 41.8 Å². The average molecular weight is 432 g/mol. The van der Waals surface area contributed by atoms with Gasteiger partial charge in [0.05, 0.1) is 30.8 Å². The number of halogens is 1. The molecule has 1 saturated heterocycles. The van der Waals surface area contributed by atoms with Gasteiger partial charge in [-0.15, -0.1) is 0 Å². The van der Waals surface area contributed by atoms with Crippen LogP contribution in [0.5, 0.6) is 11.5 Å². The van der Waals surface area contributed by atoms with Crippen molar-refractivity contribution in [3.05, 3.63) is 51.5 Å². The fourth-order valence-electron chi connectivity index (χ4n) is 4.39. The second-order valence-corrected chi connectivity index (χ2v) is 8.09. The van der Waals surface area contributed by atoms with E-state index in [4.69, 9.17) is 14.2 Å². The van der Waals surface area contributed by atoms with Crippen molar-refractivity contribution in [2.75, 3.05) is 26.1 Å². The molecular formula is C22H26BrNO3. The summed E-state index contributed by atoms with van der Waals surface area (Å²) in [5.41, 5.74) is 5.02. The van der Waals surface area contributed by atoms with Crippen LogP contribution in [-0.2, 0) is 11.2 Å². The number of benzene rings is 2. The van der Waals surface area contributed by atoms with E-state index in [0.29, 0.717) is 5.92 Å². The van der Waals surface area contributed by atoms with Gasteiger partial charge < -0.3 is 19.5 Å². The van der Waals surface area contributed by atoms with E-state index in [9.17, 15) is 0 Å². The lowest BCUT2D eigenvalue weighted by molar-refractivity contribution is -0.0382. The van der Waals surface area contributed by atoms with Crippen molar-refractivity contribution < 1.29 is 14.2 Å². The molecule has 1 unspecified atom stereocenters. The highest BCUT2D eigenvalue weighted by atomic mass is 79.9. The normalized spacial score (nSPS) is 23.8. The highest BCUT2D eigenvalue weighted by molar-refractivity contribution is 9.10. The minimum absolute atomic E-state index is 0.137. The predicted molar refractivity (Wildman–Crippen MR) is 111 cm³/mol. The molecule has 2 aromatic rings. The van der Waals surface area contributed by atoms with Gasteiger partial charge in [-0.25, -0.2) is 0 Å². The van der Waals surface area contributed by atoms with Crippen molar-refractivity contribution in [1.29, 1.82) is 0 Å². The number of rotatable bonds is 4. The maximum atomic E-state index is 6.28. The number of ether oxygens (including phenoxy) is 3. The summed E-state index contributed by atoms with van der Waals surface area (Å²) in [7, 11) is 3.34. The van der Waals surface area contributed by atoms with Gasteiger partial charge in [0.15, 0.2) is 11.5 Å². The van der Waals surface area contributed by atoms with Gasteiger partial charge in [0.25, 0.3) is 0 Å². The Morgan fingerprint density at radius 3 is 2.78 bits per heavy atom. The Morgan fingerprint density at radius 2 is 2.04 bits per heavy atom. The number of methoxy groups -OCH3 is 2. The maximum Gasteiger partial charge on any atom is 0.174 e. The molecule has 0 bridgehead atoms. The molecule has 3 atom stereocenters. The van der Waals surface area contributed by atoms with E-state index in [2.05, 4.69) is 58.5 Å². The first kappa shape index (κ1) is 18.6. The maximum absolute atomic E-state index is 6.28. The van der Waals surface area contributed by atoms with Gasteiger partial charge in [-0.1, -0.05) is 19.1 Å². The van der Waals surface area contributed by atoms with Gasteiger partial charge in [-0.05, 0) is 64.5 Å². The Hall–Kier alpha value is -1.72. The Labute approximate surface area is 169 Å². The summed E-state index contributed by atoms with van der Waals surface area (Å²) < 4.78 is 18.2. The van der Waals surface area contributed by atoms with Crippen LogP contribution >= 0.6 is 15.9 Å². The van der Waals surface area contributed by atoms with Gasteiger partial charge in [0, 0.05) is 23.8 Å². The summed E-state index contributed by atoms with van der Waals surface area (Å²) in [6.07, 6.45) is 3.41. The number of aryl methyl sites for hydroxylation is 1. The molecule has 2 heterocycles. The van der Waals surface area contributed by atoms with Crippen LogP contribution in [0.25, 0.3) is 0 Å². The number of anilines is 1. The van der Waals surface area contributed by atoms with Crippen molar-refractivity contribution in [2.45, 2.75) is 38.3 Å². The zero-order chi connectivity index (χ0) is 19.0. The van der Waals surface area contributed by atoms with Crippen molar-refractivity contribution >= 4 is 21.6 Å². The van der Waals surface area contributed by atoms with Gasteiger partial charge >= 0.3 is 0 Å². The molecule has 0 amide bonds. The lowest BCUT2D eigenvalue weighted by Gasteiger charge is -2.43. The molecular weight excluding hydrogens is 406 g/mol. The molecule has 5 heteroatoms. The van der Waals surface area contributed by atoms with Crippen molar-refractivity contribution in [1.82, 2.24) is 0 Å². The van der Waals surface area contributed by atoms with Crippen molar-refractivity contribution in [3.63, 3.8) is 0 Å². The molecule has 0 spiro atoms. The molecule has 4 nitrogen and oxygen atoms in total. The van der Waals surface area contributed by atoms with Gasteiger partial charge in [-0.2, -0.15) is 0 Å². The molecule has 27 heavy (non-hydrogen) atoms. The third-order valence-corrected chi connectivity index (χ3v) is 6.34. The molecule has 2 aliphatic heterocycles. The fraction of sp³-hybridized carbons (Fsp3) is 0.455. The first-order valence-electron chi connectivity index (χ1n) is 9.58. The van der Waals surface area contributed by atoms with Crippen LogP contribution in [-0.4, -0.2) is 20.8 Å². The largest absolute Gasteiger partial charge is 0.493 e. The first-order valence-corrected chi connectivity index (χ1v) is 10.4. The highest BCUT2D eigenvalue weighted by Gasteiger charge is 2.40. The van der Waals surface area contributed by atoms with E-state index in [1.165, 1.54) is 22.4 Å². The Balaban J connectivity index is 1.78. The Morgan fingerprint density at radius 1 is 1.19 bits per heavy atom. The minimum Gasteiger partial charge on any atom is -0.493 e. The molecule has 1 N–H and O–H groups in total. The highest BCUT2D eigenvalue weighted by Crippen LogP contribution is 2.50. The summed E-state index contributed by atoms with van der Waals surface area (Å²) >= 11 is 3.64. The van der Waals surface area contributed by atoms with Crippen LogP contribution in [0.1, 0.15) is 48.6 Å². The zero-order valence-corrected chi connectivity index (χ0v) is 17.6. The summed E-state index contributed by atoms with van der Waals surface area (Å²) in [4.78, 5) is 0. The third kappa shape index (κ3) is 3.32. The summed E-state index contributed by atoms with van der Waals surface area (Å²) in [6.45, 7) is 3.03. The Bertz CT molecular complexity index is 839. The van der Waals surface area contributed by atoms with E-state index in [-0.39, 0.29) is 12.1 Å². The van der Waals surface area contributed by atoms with Crippen molar-refractivity contribution in [2.24, 2.45) is 5.92 Å². The molecule has 0 radical (unpaired) electrons. The minimum atomic E-state index is 0.137. The van der Waals surface area contributed by atoms with Crippen LogP contribution in [0, 0.1) is 5.92 Å². The van der Waals surface area contributed by atoms with Gasteiger partial charge in [-0.3, -0.25) is 0 Å². The Kier molecular flexibility index (Phi) is 5.33. The van der Waals surface area contributed by atoms with Crippen molar-refractivity contribution in [3.8, 4) is 11.5 Å². The first-order chi connectivity index (χ1) is 13.2. The molecule has 0 saturated carbocycles. The van der Waals surface area contributed by atoms with Crippen LogP contribution in [0.15, 0.2) is 34.8 Å². The van der Waals surface area contributed by atoms with Gasteiger partial charge in [0.2, 0.25) is 0 Å². The van der Waals surface area contributed by atoms with E-state index in [1.807, 2.05) is 0 Å². The van der Waals surface area contributed by atoms with Crippen LogP contribution in [0.4, 0.5) is 5.69 Å². The molecule has 2 aromatic carbocycles. The van der Waals surface area contributed by atoms with Crippen LogP contribution in [0.3, 0.4) is 0 Å². The predicted octanol–water partition coefficient (Wildman–Crippen LogP) is 5.66. The number of hydrogen-bond acceptors (Lipinski definition) is 4. The summed E-state index contributed by atoms with van der Waals surface area (Å²) in [5.74, 6) is 1.86. The molecule has 4 rings (SSSR count). The average Bonchev–Trinajstić information content (AvgIpc) is 2.72. The molecule has 144 valence electrons. The SMILES string of the molecule is CCc1ccc2c(c1)[C@H]1OCCC[C@H]1C(c1cc(Br)c(OC)c(OC)c1)N2. The number of hydrogen-bond donors (Lipinski definition) is 1. The number of fused-ring (bicyclic) bond motifs is 3. The lowest BCUT2D eigenvalue weighted by Crippen LogP contribution is -2.36. The quantitative estimate of drug-likeness (QED) is 0.677. The third-order valence-electron chi connectivity index (χ3n) is 5.75. The van der Waals surface area contributed by atoms with Crippen LogP contribution in [0.2, 0.25) is 0 Å². The van der Waals surface area contributed by atoms with Crippen LogP contribution < -0.4 is 14.8 Å². The molecule has 1 fully saturated rings. The summed E-state index contributed by atoms with van der Waals surface area (Å²) in [6, 6.07) is 11.1. The monoisotopic (exact) mass is 431 g/mol. The lowest BCUT2D eigenvalue weighted by atomic mass is 9.77. The molecule has 2 aliphatic rings. The number of nitrogens with one attached hydrogen (secondary N) is 1. The summed E-state index contributed by atoms with van der Waals surface area (Å²) in [5, 5.41) is 3.78. The smallest absolute Gasteiger partial charge is 0.174 e. The molecule has 0 aliphatic carbocycles. The van der Waals surface area contributed by atoms with Gasteiger partial charge in [0.1, 0.15) is 0 Å². The molecule has 0 aromatic heterocycles. The van der Waals surface area contributed by atoms with E-state index in [1.54, 1.807) is 14.2 Å². The standard InChI is InChI=1S/C22H26BrNO3/c1-4-13-7-8-18-16(10-13)21-15(6-5-9-27-21)20(24-18)14-11-17(23)22(26-3)19(12-14)25-2/h7-8,10-12,15,20-21,24H,4-6,9H2,1-3H3/t15-,20?,21-/m0/s1. The second-order valence-electron chi connectivity index (χ2n) is 7.23.